The molecule has 17 heavy (non-hydrogen) atoms. The molecule has 0 bridgehead atoms. The van der Waals surface area contributed by atoms with E-state index in [0.29, 0.717) is 18.1 Å². The summed E-state index contributed by atoms with van der Waals surface area (Å²) in [5, 5.41) is 3.55. The summed E-state index contributed by atoms with van der Waals surface area (Å²) >= 11 is 5.92. The summed E-state index contributed by atoms with van der Waals surface area (Å²) in [6, 6.07) is 3.59. The van der Waals surface area contributed by atoms with Gasteiger partial charge < -0.3 is 5.32 Å². The molecule has 92 valence electrons. The maximum Gasteiger partial charge on any atom is 0.240 e. The Kier molecular flexibility index (Phi) is 3.35. The molecule has 1 saturated heterocycles. The summed E-state index contributed by atoms with van der Waals surface area (Å²) < 4.78 is 0. The normalized spacial score (nSPS) is 20.1. The first-order valence-electron chi connectivity index (χ1n) is 5.64. The van der Waals surface area contributed by atoms with Crippen molar-refractivity contribution in [1.29, 1.82) is 0 Å². The van der Waals surface area contributed by atoms with Crippen LogP contribution in [-0.2, 0) is 11.3 Å². The average Bonchev–Trinajstić information content (AvgIpc) is 2.25. The standard InChI is InChI=1S/C12H16ClN3O/c1-12(2)11(17)15-5-6-16(12)8-10-7-9(13)3-4-14-10/h3-4,7H,5-6,8H2,1-2H3,(H,15,17). The van der Waals surface area contributed by atoms with E-state index in [1.807, 2.05) is 19.9 Å². The van der Waals surface area contributed by atoms with Crippen molar-refractivity contribution in [3.05, 3.63) is 29.0 Å². The van der Waals surface area contributed by atoms with E-state index < -0.39 is 5.54 Å². The Morgan fingerprint density at radius 2 is 2.35 bits per heavy atom. The van der Waals surface area contributed by atoms with Crippen LogP contribution in [0.4, 0.5) is 0 Å². The first-order chi connectivity index (χ1) is 8.00. The Balaban J connectivity index is 2.15. The summed E-state index contributed by atoms with van der Waals surface area (Å²) in [5.74, 6) is 0.0609. The Morgan fingerprint density at radius 1 is 1.59 bits per heavy atom. The molecule has 0 saturated carbocycles. The quantitative estimate of drug-likeness (QED) is 0.868. The van der Waals surface area contributed by atoms with Gasteiger partial charge >= 0.3 is 0 Å². The van der Waals surface area contributed by atoms with Crippen LogP contribution >= 0.6 is 11.6 Å². The number of carbonyl (C=O) groups is 1. The molecule has 0 aromatic carbocycles. The predicted molar refractivity (Wildman–Crippen MR) is 66.7 cm³/mol. The fourth-order valence-electron chi connectivity index (χ4n) is 1.95. The molecule has 0 radical (unpaired) electrons. The largest absolute Gasteiger partial charge is 0.353 e. The monoisotopic (exact) mass is 253 g/mol. The number of piperazine rings is 1. The Bertz CT molecular complexity index is 434. The minimum Gasteiger partial charge on any atom is -0.353 e. The molecule has 2 rings (SSSR count). The van der Waals surface area contributed by atoms with Gasteiger partial charge in [-0.05, 0) is 26.0 Å². The highest BCUT2D eigenvalue weighted by atomic mass is 35.5. The van der Waals surface area contributed by atoms with Crippen molar-refractivity contribution in [2.45, 2.75) is 25.9 Å². The van der Waals surface area contributed by atoms with Crippen LogP contribution in [0.25, 0.3) is 0 Å². The lowest BCUT2D eigenvalue weighted by molar-refractivity contribution is -0.135. The van der Waals surface area contributed by atoms with E-state index in [9.17, 15) is 4.79 Å². The number of halogens is 1. The molecular weight excluding hydrogens is 238 g/mol. The molecule has 0 spiro atoms. The summed E-state index contributed by atoms with van der Waals surface area (Å²) in [6.45, 7) is 5.99. The topological polar surface area (TPSA) is 45.2 Å². The maximum atomic E-state index is 11.8. The van der Waals surface area contributed by atoms with Crippen LogP contribution in [0.3, 0.4) is 0 Å². The predicted octanol–water partition coefficient (Wildman–Crippen LogP) is 1.45. The molecule has 1 aromatic heterocycles. The van der Waals surface area contributed by atoms with Crippen molar-refractivity contribution >= 4 is 17.5 Å². The van der Waals surface area contributed by atoms with Crippen molar-refractivity contribution in [3.63, 3.8) is 0 Å². The summed E-state index contributed by atoms with van der Waals surface area (Å²) in [7, 11) is 0. The van der Waals surface area contributed by atoms with E-state index >= 15 is 0 Å². The van der Waals surface area contributed by atoms with Crippen molar-refractivity contribution in [1.82, 2.24) is 15.2 Å². The molecule has 1 aliphatic heterocycles. The maximum absolute atomic E-state index is 11.8. The molecule has 1 N–H and O–H groups in total. The third kappa shape index (κ3) is 2.58. The molecule has 0 unspecified atom stereocenters. The number of aromatic nitrogens is 1. The summed E-state index contributed by atoms with van der Waals surface area (Å²) in [5.41, 5.74) is 0.391. The SMILES string of the molecule is CC1(C)C(=O)NCCN1Cc1cc(Cl)ccn1. The van der Waals surface area contributed by atoms with Crippen LogP contribution in [-0.4, -0.2) is 34.4 Å². The van der Waals surface area contributed by atoms with Crippen molar-refractivity contribution in [2.75, 3.05) is 13.1 Å². The number of nitrogens with zero attached hydrogens (tertiary/aromatic N) is 2. The zero-order valence-electron chi connectivity index (χ0n) is 10.0. The summed E-state index contributed by atoms with van der Waals surface area (Å²) in [4.78, 5) is 18.2. The fraction of sp³-hybridized carbons (Fsp3) is 0.500. The second-order valence-corrected chi connectivity index (χ2v) is 5.14. The number of amides is 1. The number of carbonyl (C=O) groups excluding carboxylic acids is 1. The minimum atomic E-state index is -0.498. The van der Waals surface area contributed by atoms with E-state index in [2.05, 4.69) is 15.2 Å². The Morgan fingerprint density at radius 3 is 3.06 bits per heavy atom. The van der Waals surface area contributed by atoms with Gasteiger partial charge in [-0.15, -0.1) is 0 Å². The van der Waals surface area contributed by atoms with E-state index in [1.54, 1.807) is 12.3 Å². The van der Waals surface area contributed by atoms with Crippen molar-refractivity contribution < 1.29 is 4.79 Å². The number of nitrogens with one attached hydrogen (secondary N) is 1. The molecule has 1 aromatic rings. The molecule has 1 aliphatic rings. The van der Waals surface area contributed by atoms with Gasteiger partial charge in [-0.25, -0.2) is 0 Å². The number of pyridine rings is 1. The lowest BCUT2D eigenvalue weighted by Gasteiger charge is -2.40. The molecule has 1 fully saturated rings. The highest BCUT2D eigenvalue weighted by molar-refractivity contribution is 6.30. The van der Waals surface area contributed by atoms with Crippen LogP contribution in [0.5, 0.6) is 0 Å². The van der Waals surface area contributed by atoms with Gasteiger partial charge in [0.25, 0.3) is 0 Å². The van der Waals surface area contributed by atoms with Crippen LogP contribution < -0.4 is 5.32 Å². The van der Waals surface area contributed by atoms with Gasteiger partial charge in [0, 0.05) is 30.9 Å². The Hall–Kier alpha value is -1.13. The lowest BCUT2D eigenvalue weighted by Crippen LogP contribution is -2.61. The molecule has 0 atom stereocenters. The molecule has 1 amide bonds. The van der Waals surface area contributed by atoms with E-state index in [0.717, 1.165) is 12.2 Å². The third-order valence-corrected chi connectivity index (χ3v) is 3.38. The number of rotatable bonds is 2. The third-order valence-electron chi connectivity index (χ3n) is 3.14. The van der Waals surface area contributed by atoms with Gasteiger partial charge in [0.15, 0.2) is 0 Å². The van der Waals surface area contributed by atoms with Crippen molar-refractivity contribution in [3.8, 4) is 0 Å². The lowest BCUT2D eigenvalue weighted by atomic mass is 9.98. The molecule has 0 aliphatic carbocycles. The smallest absolute Gasteiger partial charge is 0.240 e. The first kappa shape index (κ1) is 12.3. The summed E-state index contributed by atoms with van der Waals surface area (Å²) in [6.07, 6.45) is 1.69. The molecule has 5 heteroatoms. The second kappa shape index (κ2) is 4.63. The number of hydrogen-bond acceptors (Lipinski definition) is 3. The average molecular weight is 254 g/mol. The second-order valence-electron chi connectivity index (χ2n) is 4.70. The first-order valence-corrected chi connectivity index (χ1v) is 6.02. The van der Waals surface area contributed by atoms with Gasteiger partial charge in [0.05, 0.1) is 11.2 Å². The molecule has 2 heterocycles. The highest BCUT2D eigenvalue weighted by Gasteiger charge is 2.37. The van der Waals surface area contributed by atoms with E-state index in [-0.39, 0.29) is 5.91 Å². The van der Waals surface area contributed by atoms with Gasteiger partial charge in [-0.3, -0.25) is 14.7 Å². The minimum absolute atomic E-state index is 0.0609. The van der Waals surface area contributed by atoms with Crippen molar-refractivity contribution in [2.24, 2.45) is 0 Å². The van der Waals surface area contributed by atoms with E-state index in [4.69, 9.17) is 11.6 Å². The fourth-order valence-corrected chi connectivity index (χ4v) is 2.13. The zero-order valence-corrected chi connectivity index (χ0v) is 10.8. The molecular formula is C12H16ClN3O. The number of hydrogen-bond donors (Lipinski definition) is 1. The van der Waals surface area contributed by atoms with Crippen LogP contribution in [0.15, 0.2) is 18.3 Å². The van der Waals surface area contributed by atoms with Gasteiger partial charge in [0.1, 0.15) is 0 Å². The van der Waals surface area contributed by atoms with E-state index in [1.165, 1.54) is 0 Å². The van der Waals surface area contributed by atoms with Gasteiger partial charge in [-0.2, -0.15) is 0 Å². The Labute approximate surface area is 106 Å². The van der Waals surface area contributed by atoms with Crippen LogP contribution in [0.1, 0.15) is 19.5 Å². The van der Waals surface area contributed by atoms with Crippen LogP contribution in [0, 0.1) is 0 Å². The highest BCUT2D eigenvalue weighted by Crippen LogP contribution is 2.20. The van der Waals surface area contributed by atoms with Gasteiger partial charge in [0.2, 0.25) is 5.91 Å². The van der Waals surface area contributed by atoms with Gasteiger partial charge in [-0.1, -0.05) is 11.6 Å². The van der Waals surface area contributed by atoms with Crippen LogP contribution in [0.2, 0.25) is 5.02 Å². The zero-order chi connectivity index (χ0) is 12.5. The molecule has 4 nitrogen and oxygen atoms in total.